The van der Waals surface area contributed by atoms with Crippen LogP contribution >= 0.6 is 0 Å². The van der Waals surface area contributed by atoms with Gasteiger partial charge in [0.05, 0.1) is 43.2 Å². The number of fused-ring (bicyclic) bond motifs is 2. The largest absolute Gasteiger partial charge is 1.00 e. The number of methoxy groups -OCH3 is 2. The Bertz CT molecular complexity index is 3950. The van der Waals surface area contributed by atoms with Gasteiger partial charge in [-0.15, -0.1) is 20.5 Å². The van der Waals surface area contributed by atoms with Crippen LogP contribution in [0.2, 0.25) is 0 Å². The quantitative estimate of drug-likeness (QED) is 0.0333. The fourth-order valence-corrected chi connectivity index (χ4v) is 8.84. The number of amides is 1. The van der Waals surface area contributed by atoms with Gasteiger partial charge in [0.2, 0.25) is 0 Å². The van der Waals surface area contributed by atoms with Gasteiger partial charge in [0.15, 0.2) is 0 Å². The Morgan fingerprint density at radius 1 is 0.537 bits per heavy atom. The van der Waals surface area contributed by atoms with Crippen LogP contribution in [0.3, 0.4) is 0 Å². The number of nitrogens with zero attached hydrogens (tertiary/aromatic N) is 4. The first-order valence-corrected chi connectivity index (χ1v) is 24.7. The van der Waals surface area contributed by atoms with Crippen molar-refractivity contribution in [2.45, 2.75) is 9.79 Å². The van der Waals surface area contributed by atoms with E-state index in [2.05, 4.69) is 31.1 Å². The van der Waals surface area contributed by atoms with E-state index in [0.717, 1.165) is 12.1 Å². The summed E-state index contributed by atoms with van der Waals surface area (Å²) in [4.78, 5) is 34.0. The first-order valence-electron chi connectivity index (χ1n) is 21.8. The Hall–Kier alpha value is -5.69. The number of aliphatic carboxylic acids is 2. The molecule has 0 aliphatic rings. The second-order valence-corrected chi connectivity index (χ2v) is 18.8. The number of azo groups is 2. The number of nitrogens with one attached hydrogen (secondary N) is 2. The first-order chi connectivity index (χ1) is 36.2. The topological polar surface area (TPSA) is 363 Å². The number of hydrogen-bond donors (Lipinski definition) is 4. The van der Waals surface area contributed by atoms with Crippen LogP contribution in [0.5, 0.6) is 34.5 Å². The van der Waals surface area contributed by atoms with E-state index >= 15 is 0 Å². The molecule has 8 aromatic rings. The van der Waals surface area contributed by atoms with Crippen LogP contribution < -0.4 is 168 Å². The molecule has 1 amide bonds. The fraction of sp³-hybridized carbons (Fsp3) is 0.0784. The molecule has 23 nitrogen and oxygen atoms in total. The smallest absolute Gasteiger partial charge is 0.871 e. The van der Waals surface area contributed by atoms with Gasteiger partial charge >= 0.3 is 118 Å². The number of ether oxygens (including phenoxy) is 4. The minimum absolute atomic E-state index is 0. The van der Waals surface area contributed by atoms with Gasteiger partial charge in [-0.05, 0) is 118 Å². The summed E-state index contributed by atoms with van der Waals surface area (Å²) in [6, 6.07) is 31.1. The predicted octanol–water partition coefficient (Wildman–Crippen LogP) is -5.58. The van der Waals surface area contributed by atoms with E-state index in [1.165, 1.54) is 87.0 Å². The number of carbonyl (C=O) groups is 3. The Kier molecular flexibility index (Phi) is 24.1. The van der Waals surface area contributed by atoms with E-state index in [0.29, 0.717) is 28.4 Å². The molecule has 0 radical (unpaired) electrons. The molecule has 8 aromatic carbocycles. The van der Waals surface area contributed by atoms with Crippen LogP contribution in [0, 0.1) is 0 Å². The minimum Gasteiger partial charge on any atom is -0.871 e. The van der Waals surface area contributed by atoms with E-state index in [4.69, 9.17) is 18.9 Å². The molecule has 0 spiro atoms. The maximum atomic E-state index is 13.9. The summed E-state index contributed by atoms with van der Waals surface area (Å²) in [7, 11) is -7.38. The Labute approximate surface area is 544 Å². The van der Waals surface area contributed by atoms with Crippen LogP contribution in [0.4, 0.5) is 39.8 Å². The van der Waals surface area contributed by atoms with Crippen molar-refractivity contribution in [1.82, 2.24) is 0 Å². The summed E-state index contributed by atoms with van der Waals surface area (Å²) in [5.74, 6) is -5.53. The summed E-state index contributed by atoms with van der Waals surface area (Å²) < 4.78 is 92.7. The van der Waals surface area contributed by atoms with Crippen molar-refractivity contribution < 1.29 is 198 Å². The normalized spacial score (nSPS) is 11.2. The van der Waals surface area contributed by atoms with Crippen molar-refractivity contribution in [3.63, 3.8) is 0 Å². The van der Waals surface area contributed by atoms with Gasteiger partial charge in [0.25, 0.3) is 26.1 Å². The van der Waals surface area contributed by atoms with Crippen LogP contribution in [0.25, 0.3) is 32.7 Å². The zero-order valence-corrected chi connectivity index (χ0v) is 52.9. The molecule has 0 aliphatic heterocycles. The minimum atomic E-state index is -5.16. The molecule has 80 heavy (non-hydrogen) atoms. The molecule has 0 bridgehead atoms. The molecule has 0 aromatic heterocycles. The van der Waals surface area contributed by atoms with Crippen molar-refractivity contribution in [3.05, 3.63) is 139 Å². The van der Waals surface area contributed by atoms with Gasteiger partial charge in [0.1, 0.15) is 57.4 Å². The maximum Gasteiger partial charge on any atom is 1.00 e. The molecule has 0 heterocycles. The van der Waals surface area contributed by atoms with Gasteiger partial charge in [-0.3, -0.25) is 13.9 Å². The third kappa shape index (κ3) is 16.1. The predicted molar refractivity (Wildman–Crippen MR) is 265 cm³/mol. The molecule has 0 unspecified atom stereocenters. The molecular formula is C51H36N6Na4O17S2. The SMILES string of the molecule is COc1ccc(Nc2ccc3c([O-])c(N=Nc4ccc(-c5ccc(N=Nc6c(S(=O)(=O)O)cc7cc(NC(=O)c8ccccc8)ccc7c6[O-])c(OCC(=O)[O-])c5)cc4OCC(=O)[O-])c(S(=O)(=O)O)cc3c2)c(OC)c1.[Na+].[Na+].[Na+].[Na+]. The molecule has 0 saturated carbocycles. The van der Waals surface area contributed by atoms with Crippen molar-refractivity contribution in [1.29, 1.82) is 0 Å². The van der Waals surface area contributed by atoms with Gasteiger partial charge < -0.3 is 59.6 Å². The zero-order chi connectivity index (χ0) is 54.5. The Morgan fingerprint density at radius 3 is 1.46 bits per heavy atom. The van der Waals surface area contributed by atoms with Crippen molar-refractivity contribution in [2.24, 2.45) is 20.5 Å². The van der Waals surface area contributed by atoms with Crippen molar-refractivity contribution in [2.75, 3.05) is 38.1 Å². The molecule has 8 rings (SSSR count). The molecular weight excluding hydrogens is 1120 g/mol. The van der Waals surface area contributed by atoms with Crippen LogP contribution in [0.1, 0.15) is 10.4 Å². The Morgan fingerprint density at radius 2 is 1.01 bits per heavy atom. The van der Waals surface area contributed by atoms with E-state index in [1.54, 1.807) is 48.5 Å². The number of carboxylic acid groups (broad SMARTS) is 2. The van der Waals surface area contributed by atoms with Crippen LogP contribution in [-0.4, -0.2) is 71.2 Å². The van der Waals surface area contributed by atoms with Gasteiger partial charge in [-0.2, -0.15) is 16.8 Å². The third-order valence-electron chi connectivity index (χ3n) is 11.1. The first kappa shape index (κ1) is 66.8. The van der Waals surface area contributed by atoms with E-state index < -0.39 is 84.0 Å². The van der Waals surface area contributed by atoms with E-state index in [-0.39, 0.29) is 179 Å². The molecule has 0 fully saturated rings. The van der Waals surface area contributed by atoms with Gasteiger partial charge in [-0.1, -0.05) is 54.0 Å². The average Bonchev–Trinajstić information content (AvgIpc) is 3.39. The van der Waals surface area contributed by atoms with Crippen molar-refractivity contribution >= 4 is 99.4 Å². The van der Waals surface area contributed by atoms with Crippen LogP contribution in [-0.2, 0) is 29.8 Å². The van der Waals surface area contributed by atoms with Crippen LogP contribution in [0.15, 0.2) is 164 Å². The molecule has 29 heteroatoms. The summed E-state index contributed by atoms with van der Waals surface area (Å²) in [5.41, 5.74) is -0.379. The Balaban J connectivity index is 0.00000344. The maximum absolute atomic E-state index is 13.9. The van der Waals surface area contributed by atoms with Gasteiger partial charge in [-0.25, -0.2) is 0 Å². The summed E-state index contributed by atoms with van der Waals surface area (Å²) >= 11 is 0. The number of rotatable bonds is 19. The second-order valence-electron chi connectivity index (χ2n) is 16.0. The fourth-order valence-electron chi connectivity index (χ4n) is 7.53. The monoisotopic (exact) mass is 1160 g/mol. The molecule has 0 saturated heterocycles. The second kappa shape index (κ2) is 28.8. The number of carboxylic acids is 2. The average molecular weight is 1160 g/mol. The van der Waals surface area contributed by atoms with Gasteiger partial charge in [0, 0.05) is 23.0 Å². The summed E-state index contributed by atoms with van der Waals surface area (Å²) in [6.45, 7) is -2.09. The number of carbonyl (C=O) groups excluding carboxylic acids is 3. The molecule has 0 atom stereocenters. The number of benzene rings is 8. The standard InChI is InChI=1S/C51H40N6O17S2.4Na/c1-71-34-12-17-37(40(24-34)72-2)52-32-10-13-35-30(18-32)22-43(75(65,66)67)47(49(35)62)56-54-38-15-8-28(20-41(38)73-25-45(58)59)29-9-16-39(42(21-29)74-26-46(60)61)55-57-48-44(76(68,69)70)23-31-19-33(11-14-36(31)50(48)63)53-51(64)27-6-4-3-5-7-27;;;;/h3-24,52,62-63H,25-26H2,1-2H3,(H,53,64)(H,58,59)(H,60,61)(H,65,66,67)(H,68,69,70);;;;/q;4*+1/p-4. The molecule has 388 valence electrons. The summed E-state index contributed by atoms with van der Waals surface area (Å²) in [5, 5.41) is 72.1. The van der Waals surface area contributed by atoms with Crippen molar-refractivity contribution in [3.8, 4) is 45.6 Å². The zero-order valence-electron chi connectivity index (χ0n) is 43.2. The molecule has 0 aliphatic carbocycles. The van der Waals surface area contributed by atoms with E-state index in [9.17, 15) is 60.8 Å². The number of anilines is 3. The third-order valence-corrected chi connectivity index (χ3v) is 12.8. The summed E-state index contributed by atoms with van der Waals surface area (Å²) in [6.07, 6.45) is 0. The van der Waals surface area contributed by atoms with E-state index in [1.807, 2.05) is 0 Å². The molecule has 4 N–H and O–H groups in total. The number of hydrogen-bond acceptors (Lipinski definition) is 20.